The molecule has 1 aromatic rings. The highest BCUT2D eigenvalue weighted by Crippen LogP contribution is 2.33. The van der Waals surface area contributed by atoms with Gasteiger partial charge in [0.15, 0.2) is 0 Å². The normalized spacial score (nSPS) is 14.5. The first-order chi connectivity index (χ1) is 14.1. The second-order valence-corrected chi connectivity index (χ2v) is 14.5. The third kappa shape index (κ3) is 7.94. The van der Waals surface area contributed by atoms with Gasteiger partial charge in [0.05, 0.1) is 18.4 Å². The van der Waals surface area contributed by atoms with Gasteiger partial charge in [0.1, 0.15) is 11.8 Å². The molecule has 0 unspecified atom stereocenters. The predicted octanol–water partition coefficient (Wildman–Crippen LogP) is 1.09. The summed E-state index contributed by atoms with van der Waals surface area (Å²) in [6.07, 6.45) is 5.66. The van der Waals surface area contributed by atoms with Crippen molar-refractivity contribution >= 4 is 37.2 Å². The molecule has 1 aromatic heterocycles. The molecule has 164 valence electrons. The van der Waals surface area contributed by atoms with Gasteiger partial charge in [-0.05, 0) is 24.4 Å². The van der Waals surface area contributed by atoms with Crippen molar-refractivity contribution < 1.29 is 14.4 Å². The zero-order valence-electron chi connectivity index (χ0n) is 17.9. The van der Waals surface area contributed by atoms with Gasteiger partial charge in [-0.3, -0.25) is 24.8 Å². The molecular formula is C20H32N6O3Si. The fraction of sp³-hybridized carbons (Fsp3) is 0.550. The van der Waals surface area contributed by atoms with E-state index in [2.05, 4.69) is 40.6 Å². The van der Waals surface area contributed by atoms with E-state index in [0.717, 1.165) is 18.9 Å². The van der Waals surface area contributed by atoms with Crippen molar-refractivity contribution in [3.63, 3.8) is 0 Å². The zero-order chi connectivity index (χ0) is 22.3. The fourth-order valence-corrected chi connectivity index (χ4v) is 3.78. The Morgan fingerprint density at radius 3 is 2.60 bits per heavy atom. The molecule has 1 saturated carbocycles. The summed E-state index contributed by atoms with van der Waals surface area (Å²) >= 11 is 0. The molecule has 10 heteroatoms. The van der Waals surface area contributed by atoms with Gasteiger partial charge in [0, 0.05) is 26.4 Å². The van der Waals surface area contributed by atoms with Gasteiger partial charge in [-0.1, -0.05) is 32.5 Å². The van der Waals surface area contributed by atoms with Crippen LogP contribution in [0.15, 0.2) is 18.5 Å². The largest absolute Gasteiger partial charge is 0.374 e. The minimum Gasteiger partial charge on any atom is -0.374 e. The van der Waals surface area contributed by atoms with Gasteiger partial charge in [0.2, 0.25) is 11.8 Å². The molecule has 6 N–H and O–H groups in total. The molecular weight excluding hydrogens is 400 g/mol. The summed E-state index contributed by atoms with van der Waals surface area (Å²) in [5.74, 6) is -0.882. The molecule has 1 aliphatic rings. The molecule has 1 heterocycles. The van der Waals surface area contributed by atoms with Gasteiger partial charge in [0.25, 0.3) is 5.91 Å². The maximum absolute atomic E-state index is 12.6. The zero-order valence-corrected chi connectivity index (χ0v) is 18.9. The third-order valence-corrected chi connectivity index (χ3v) is 6.62. The first kappa shape index (κ1) is 23.5. The smallest absolute Gasteiger partial charge is 0.267 e. The second-order valence-electron chi connectivity index (χ2n) is 8.91. The monoisotopic (exact) mass is 432 g/mol. The quantitative estimate of drug-likeness (QED) is 0.247. The van der Waals surface area contributed by atoms with Crippen molar-refractivity contribution in [3.05, 3.63) is 24.0 Å². The highest BCUT2D eigenvalue weighted by atomic mass is 28.3. The van der Waals surface area contributed by atoms with Crippen LogP contribution < -0.4 is 21.7 Å². The van der Waals surface area contributed by atoms with Crippen LogP contribution in [-0.2, 0) is 14.4 Å². The molecule has 2 rings (SSSR count). The molecule has 1 aliphatic carbocycles. The molecule has 0 spiro atoms. The van der Waals surface area contributed by atoms with Crippen LogP contribution in [-0.4, -0.2) is 55.6 Å². The van der Waals surface area contributed by atoms with E-state index in [-0.39, 0.29) is 29.6 Å². The Kier molecular flexibility index (Phi) is 8.10. The lowest BCUT2D eigenvalue weighted by atomic mass is 10.1. The number of anilines is 1. The van der Waals surface area contributed by atoms with E-state index in [1.54, 1.807) is 0 Å². The Morgan fingerprint density at radius 2 is 2.00 bits per heavy atom. The van der Waals surface area contributed by atoms with Gasteiger partial charge < -0.3 is 21.7 Å². The van der Waals surface area contributed by atoms with Crippen molar-refractivity contribution in [2.24, 2.45) is 11.7 Å². The Morgan fingerprint density at radius 1 is 1.30 bits per heavy atom. The molecule has 0 radical (unpaired) electrons. The van der Waals surface area contributed by atoms with Gasteiger partial charge in [-0.2, -0.15) is 0 Å². The molecule has 0 saturated heterocycles. The van der Waals surface area contributed by atoms with Crippen LogP contribution in [0, 0.1) is 11.3 Å². The van der Waals surface area contributed by atoms with Crippen molar-refractivity contribution in [1.29, 1.82) is 5.41 Å². The van der Waals surface area contributed by atoms with Crippen LogP contribution in [0.4, 0.5) is 5.69 Å². The summed E-state index contributed by atoms with van der Waals surface area (Å²) in [5.41, 5.74) is 5.43. The highest BCUT2D eigenvalue weighted by Gasteiger charge is 2.30. The average Bonchev–Trinajstić information content (AvgIpc) is 3.48. The minimum atomic E-state index is -1.25. The summed E-state index contributed by atoms with van der Waals surface area (Å²) in [6, 6.07) is 1.90. The Labute approximate surface area is 178 Å². The molecule has 0 bridgehead atoms. The van der Waals surface area contributed by atoms with E-state index in [4.69, 9.17) is 11.1 Å². The topological polar surface area (TPSA) is 150 Å². The SMILES string of the molecule is C[Si](C)(C)CCNC(=O)[C@H](CC1CC1)NC(=O)CNc1cnccc1C(=N)C(N)=O. The summed E-state index contributed by atoms with van der Waals surface area (Å²) in [6.45, 7) is 7.25. The lowest BCUT2D eigenvalue weighted by Crippen LogP contribution is -2.49. The van der Waals surface area contributed by atoms with Crippen molar-refractivity contribution in [3.8, 4) is 0 Å². The second kappa shape index (κ2) is 10.3. The molecule has 9 nitrogen and oxygen atoms in total. The summed E-state index contributed by atoms with van der Waals surface area (Å²) in [5, 5.41) is 16.4. The number of nitrogens with two attached hydrogens (primary N) is 1. The van der Waals surface area contributed by atoms with E-state index in [1.807, 2.05) is 0 Å². The van der Waals surface area contributed by atoms with E-state index in [0.29, 0.717) is 24.6 Å². The van der Waals surface area contributed by atoms with Gasteiger partial charge >= 0.3 is 0 Å². The van der Waals surface area contributed by atoms with Gasteiger partial charge in [-0.15, -0.1) is 0 Å². The van der Waals surface area contributed by atoms with Crippen LogP contribution in [0.25, 0.3) is 0 Å². The van der Waals surface area contributed by atoms with Crippen LogP contribution in [0.3, 0.4) is 0 Å². The average molecular weight is 433 g/mol. The number of rotatable bonds is 12. The number of amides is 3. The number of carbonyl (C=O) groups is 3. The van der Waals surface area contributed by atoms with Crippen molar-refractivity contribution in [2.75, 3.05) is 18.4 Å². The number of nitrogens with zero attached hydrogens (tertiary/aromatic N) is 1. The Bertz CT molecular complexity index is 804. The number of primary amides is 1. The lowest BCUT2D eigenvalue weighted by Gasteiger charge is -2.21. The minimum absolute atomic E-state index is 0.117. The number of hydrogen-bond acceptors (Lipinski definition) is 6. The van der Waals surface area contributed by atoms with E-state index in [1.165, 1.54) is 18.5 Å². The van der Waals surface area contributed by atoms with E-state index in [9.17, 15) is 14.4 Å². The first-order valence-corrected chi connectivity index (χ1v) is 13.9. The first-order valence-electron chi connectivity index (χ1n) is 10.2. The van der Waals surface area contributed by atoms with Crippen LogP contribution >= 0.6 is 0 Å². The Balaban J connectivity index is 1.92. The molecule has 30 heavy (non-hydrogen) atoms. The fourth-order valence-electron chi connectivity index (χ4n) is 2.91. The number of aromatic nitrogens is 1. The standard InChI is InChI=1S/C20H32N6O3Si/c1-30(2,3)9-8-24-20(29)15(10-13-4-5-13)26-17(27)12-25-16-11-23-7-6-14(16)18(21)19(22)28/h6-7,11,13,15,21,25H,4-5,8-10,12H2,1-3H3,(H2,22,28)(H,24,29)(H,26,27)/t15-/m0/s1. The number of pyridine rings is 1. The molecule has 1 fully saturated rings. The summed E-state index contributed by atoms with van der Waals surface area (Å²) in [7, 11) is -1.25. The van der Waals surface area contributed by atoms with Crippen LogP contribution in [0.1, 0.15) is 24.8 Å². The number of nitrogens with one attached hydrogen (secondary N) is 4. The van der Waals surface area contributed by atoms with Crippen LogP contribution in [0.2, 0.25) is 25.7 Å². The highest BCUT2D eigenvalue weighted by molar-refractivity contribution is 6.76. The maximum atomic E-state index is 12.6. The molecule has 3 amide bonds. The molecule has 0 aromatic carbocycles. The predicted molar refractivity (Wildman–Crippen MR) is 119 cm³/mol. The molecule has 0 aliphatic heterocycles. The van der Waals surface area contributed by atoms with Gasteiger partial charge in [-0.25, -0.2) is 0 Å². The summed E-state index contributed by atoms with van der Waals surface area (Å²) < 4.78 is 0. The van der Waals surface area contributed by atoms with Crippen LogP contribution in [0.5, 0.6) is 0 Å². The third-order valence-electron chi connectivity index (χ3n) is 4.87. The number of hydrogen-bond donors (Lipinski definition) is 5. The lowest BCUT2D eigenvalue weighted by molar-refractivity contribution is -0.128. The Hall–Kier alpha value is -2.75. The number of carbonyl (C=O) groups excluding carboxylic acids is 3. The van der Waals surface area contributed by atoms with E-state index >= 15 is 0 Å². The van der Waals surface area contributed by atoms with E-state index < -0.39 is 20.0 Å². The summed E-state index contributed by atoms with van der Waals surface area (Å²) in [4.78, 5) is 40.3. The van der Waals surface area contributed by atoms with Crippen molar-refractivity contribution in [2.45, 2.75) is 51.0 Å². The van der Waals surface area contributed by atoms with Crippen molar-refractivity contribution in [1.82, 2.24) is 15.6 Å². The molecule has 1 atom stereocenters. The maximum Gasteiger partial charge on any atom is 0.267 e.